The molecule has 0 aliphatic heterocycles. The standard InChI is InChI=1S/C19H15NS/c1-2-21-19-15-9-5-6-10-17(15)20-18-14-8-4-3-7-13(14)11-12-16(18)19/h3-12H,2H2,1H3. The minimum atomic E-state index is 1.07. The number of para-hydroxylation sites is 1. The van der Waals surface area contributed by atoms with Crippen molar-refractivity contribution in [3.05, 3.63) is 60.7 Å². The van der Waals surface area contributed by atoms with Crippen molar-refractivity contribution in [3.8, 4) is 0 Å². The third-order valence-electron chi connectivity index (χ3n) is 3.81. The lowest BCUT2D eigenvalue weighted by atomic mass is 10.0. The van der Waals surface area contributed by atoms with E-state index in [1.165, 1.54) is 26.4 Å². The second kappa shape index (κ2) is 5.05. The molecule has 3 aromatic carbocycles. The van der Waals surface area contributed by atoms with Crippen LogP contribution < -0.4 is 0 Å². The molecule has 0 N–H and O–H groups in total. The van der Waals surface area contributed by atoms with Crippen LogP contribution in [0, 0.1) is 0 Å². The number of hydrogen-bond donors (Lipinski definition) is 0. The lowest BCUT2D eigenvalue weighted by Gasteiger charge is -2.11. The summed E-state index contributed by atoms with van der Waals surface area (Å²) in [7, 11) is 0. The summed E-state index contributed by atoms with van der Waals surface area (Å²) in [6.45, 7) is 2.20. The molecule has 1 aromatic heterocycles. The molecular weight excluding hydrogens is 274 g/mol. The maximum Gasteiger partial charge on any atom is 0.0799 e. The Labute approximate surface area is 128 Å². The van der Waals surface area contributed by atoms with Gasteiger partial charge in [-0.1, -0.05) is 61.5 Å². The summed E-state index contributed by atoms with van der Waals surface area (Å²) < 4.78 is 0. The van der Waals surface area contributed by atoms with Crippen LogP contribution >= 0.6 is 11.8 Å². The van der Waals surface area contributed by atoms with Crippen LogP contribution in [0.1, 0.15) is 6.92 Å². The smallest absolute Gasteiger partial charge is 0.0799 e. The van der Waals surface area contributed by atoms with Crippen molar-refractivity contribution in [1.82, 2.24) is 4.98 Å². The zero-order chi connectivity index (χ0) is 14.2. The number of pyridine rings is 1. The Morgan fingerprint density at radius 2 is 1.57 bits per heavy atom. The number of aromatic nitrogens is 1. The molecule has 0 atom stereocenters. The van der Waals surface area contributed by atoms with Crippen LogP contribution in [0.5, 0.6) is 0 Å². The fourth-order valence-corrected chi connectivity index (χ4v) is 3.82. The summed E-state index contributed by atoms with van der Waals surface area (Å²) in [5.74, 6) is 1.07. The van der Waals surface area contributed by atoms with E-state index in [9.17, 15) is 0 Å². The number of benzene rings is 3. The van der Waals surface area contributed by atoms with E-state index in [1.54, 1.807) is 0 Å². The van der Waals surface area contributed by atoms with E-state index in [0.29, 0.717) is 0 Å². The Morgan fingerprint density at radius 3 is 2.43 bits per heavy atom. The van der Waals surface area contributed by atoms with Gasteiger partial charge in [0.2, 0.25) is 0 Å². The van der Waals surface area contributed by atoms with E-state index < -0.39 is 0 Å². The Balaban J connectivity index is 2.24. The monoisotopic (exact) mass is 289 g/mol. The van der Waals surface area contributed by atoms with Gasteiger partial charge in [-0.3, -0.25) is 0 Å². The van der Waals surface area contributed by atoms with E-state index >= 15 is 0 Å². The first kappa shape index (κ1) is 12.7. The predicted octanol–water partition coefficient (Wildman–Crippen LogP) is 5.65. The minimum Gasteiger partial charge on any atom is -0.247 e. The highest BCUT2D eigenvalue weighted by molar-refractivity contribution is 7.99. The molecule has 1 nitrogen and oxygen atoms in total. The number of rotatable bonds is 2. The summed E-state index contributed by atoms with van der Waals surface area (Å²) in [6, 6.07) is 21.3. The van der Waals surface area contributed by atoms with Gasteiger partial charge in [-0.2, -0.15) is 0 Å². The van der Waals surface area contributed by atoms with Crippen LogP contribution in [-0.4, -0.2) is 10.7 Å². The molecule has 0 radical (unpaired) electrons. The average molecular weight is 289 g/mol. The molecule has 4 rings (SSSR count). The van der Waals surface area contributed by atoms with Crippen molar-refractivity contribution in [2.45, 2.75) is 11.8 Å². The summed E-state index contributed by atoms with van der Waals surface area (Å²) >= 11 is 1.90. The SMILES string of the molecule is CCSc1c2ccccc2nc2c1ccc1ccccc12. The third kappa shape index (κ3) is 1.98. The van der Waals surface area contributed by atoms with Crippen LogP contribution in [0.15, 0.2) is 65.6 Å². The van der Waals surface area contributed by atoms with Gasteiger partial charge in [0, 0.05) is 21.1 Å². The summed E-state index contributed by atoms with van der Waals surface area (Å²) in [5.41, 5.74) is 2.19. The quantitative estimate of drug-likeness (QED) is 0.268. The maximum absolute atomic E-state index is 4.94. The topological polar surface area (TPSA) is 12.9 Å². The second-order valence-corrected chi connectivity index (χ2v) is 6.35. The van der Waals surface area contributed by atoms with Crippen LogP contribution in [0.25, 0.3) is 32.6 Å². The van der Waals surface area contributed by atoms with Gasteiger partial charge in [-0.15, -0.1) is 11.8 Å². The lowest BCUT2D eigenvalue weighted by Crippen LogP contribution is -1.89. The molecule has 2 heteroatoms. The predicted molar refractivity (Wildman–Crippen MR) is 93.2 cm³/mol. The molecule has 0 aliphatic carbocycles. The Hall–Kier alpha value is -2.06. The number of nitrogens with zero attached hydrogens (tertiary/aromatic N) is 1. The Bertz CT molecular complexity index is 959. The zero-order valence-corrected chi connectivity index (χ0v) is 12.7. The molecule has 0 unspecified atom stereocenters. The molecular formula is C19H15NS. The van der Waals surface area contributed by atoms with Crippen molar-refractivity contribution in [1.29, 1.82) is 0 Å². The normalized spacial score (nSPS) is 11.5. The fourth-order valence-electron chi connectivity index (χ4n) is 2.89. The number of hydrogen-bond acceptors (Lipinski definition) is 2. The highest BCUT2D eigenvalue weighted by Gasteiger charge is 2.10. The van der Waals surface area contributed by atoms with Crippen LogP contribution in [0.4, 0.5) is 0 Å². The first-order chi connectivity index (χ1) is 10.4. The van der Waals surface area contributed by atoms with E-state index in [4.69, 9.17) is 4.98 Å². The van der Waals surface area contributed by atoms with Crippen molar-refractivity contribution >= 4 is 44.3 Å². The molecule has 1 heterocycles. The highest BCUT2D eigenvalue weighted by atomic mass is 32.2. The summed E-state index contributed by atoms with van der Waals surface area (Å²) in [5, 5.41) is 5.00. The van der Waals surface area contributed by atoms with Gasteiger partial charge in [0.1, 0.15) is 0 Å². The molecule has 0 aliphatic rings. The van der Waals surface area contributed by atoms with Crippen molar-refractivity contribution < 1.29 is 0 Å². The van der Waals surface area contributed by atoms with E-state index in [-0.39, 0.29) is 0 Å². The Kier molecular flexibility index (Phi) is 3.04. The average Bonchev–Trinajstić information content (AvgIpc) is 2.55. The molecule has 0 fully saturated rings. The lowest BCUT2D eigenvalue weighted by molar-refractivity contribution is 1.45. The summed E-state index contributed by atoms with van der Waals surface area (Å²) in [6.07, 6.45) is 0. The van der Waals surface area contributed by atoms with Gasteiger partial charge in [-0.05, 0) is 17.2 Å². The fraction of sp³-hybridized carbons (Fsp3) is 0.105. The largest absolute Gasteiger partial charge is 0.247 e. The van der Waals surface area contributed by atoms with Gasteiger partial charge < -0.3 is 0 Å². The molecule has 0 saturated heterocycles. The molecule has 0 bridgehead atoms. The first-order valence-corrected chi connectivity index (χ1v) is 8.20. The van der Waals surface area contributed by atoms with Gasteiger partial charge in [0.05, 0.1) is 11.0 Å². The van der Waals surface area contributed by atoms with Gasteiger partial charge in [-0.25, -0.2) is 4.98 Å². The molecule has 0 amide bonds. The van der Waals surface area contributed by atoms with Gasteiger partial charge in [0.15, 0.2) is 0 Å². The minimum absolute atomic E-state index is 1.07. The first-order valence-electron chi connectivity index (χ1n) is 7.21. The van der Waals surface area contributed by atoms with E-state index in [1.807, 2.05) is 11.8 Å². The van der Waals surface area contributed by atoms with Crippen LogP contribution in [0.3, 0.4) is 0 Å². The number of fused-ring (bicyclic) bond motifs is 4. The summed E-state index contributed by atoms with van der Waals surface area (Å²) in [4.78, 5) is 6.29. The molecule has 102 valence electrons. The molecule has 4 aromatic rings. The molecule has 0 saturated carbocycles. The van der Waals surface area contributed by atoms with Crippen molar-refractivity contribution in [2.24, 2.45) is 0 Å². The van der Waals surface area contributed by atoms with Crippen molar-refractivity contribution in [2.75, 3.05) is 5.75 Å². The highest BCUT2D eigenvalue weighted by Crippen LogP contribution is 2.36. The zero-order valence-electron chi connectivity index (χ0n) is 11.8. The maximum atomic E-state index is 4.94. The Morgan fingerprint density at radius 1 is 0.810 bits per heavy atom. The van der Waals surface area contributed by atoms with Crippen molar-refractivity contribution in [3.63, 3.8) is 0 Å². The second-order valence-electron chi connectivity index (χ2n) is 5.07. The molecule has 0 spiro atoms. The van der Waals surface area contributed by atoms with Gasteiger partial charge >= 0.3 is 0 Å². The van der Waals surface area contributed by atoms with Crippen LogP contribution in [-0.2, 0) is 0 Å². The van der Waals surface area contributed by atoms with Crippen LogP contribution in [0.2, 0.25) is 0 Å². The third-order valence-corrected chi connectivity index (χ3v) is 4.83. The number of thioether (sulfide) groups is 1. The molecule has 21 heavy (non-hydrogen) atoms. The van der Waals surface area contributed by atoms with E-state index in [2.05, 4.69) is 67.6 Å². The van der Waals surface area contributed by atoms with E-state index in [0.717, 1.165) is 16.8 Å². The van der Waals surface area contributed by atoms with Gasteiger partial charge in [0.25, 0.3) is 0 Å².